The van der Waals surface area contributed by atoms with Crippen molar-refractivity contribution in [3.05, 3.63) is 75.0 Å². The van der Waals surface area contributed by atoms with Crippen LogP contribution in [-0.4, -0.2) is 26.7 Å². The van der Waals surface area contributed by atoms with Gasteiger partial charge in [0.1, 0.15) is 5.75 Å². The minimum atomic E-state index is -0.429. The predicted molar refractivity (Wildman–Crippen MR) is 111 cm³/mol. The van der Waals surface area contributed by atoms with Crippen LogP contribution >= 0.6 is 0 Å². The van der Waals surface area contributed by atoms with E-state index in [-0.39, 0.29) is 17.6 Å². The summed E-state index contributed by atoms with van der Waals surface area (Å²) in [5, 5.41) is 18.6. The SMILES string of the molecule is Cc1ccc(-n2nc(C(=O)NC3CC3)c(C)c2Oc2ccc([N+](=O)[O-])c(C)c2)cc1. The van der Waals surface area contributed by atoms with Gasteiger partial charge < -0.3 is 10.1 Å². The average Bonchev–Trinajstić information content (AvgIpc) is 3.45. The van der Waals surface area contributed by atoms with Crippen molar-refractivity contribution >= 4 is 11.6 Å². The van der Waals surface area contributed by atoms with Crippen molar-refractivity contribution < 1.29 is 14.5 Å². The zero-order chi connectivity index (χ0) is 21.4. The van der Waals surface area contributed by atoms with Gasteiger partial charge in [0.15, 0.2) is 5.69 Å². The molecular formula is C22H22N4O4. The summed E-state index contributed by atoms with van der Waals surface area (Å²) in [6, 6.07) is 12.5. The van der Waals surface area contributed by atoms with Gasteiger partial charge in [-0.1, -0.05) is 17.7 Å². The Kier molecular flexibility index (Phi) is 4.99. The first-order valence-corrected chi connectivity index (χ1v) is 9.74. The van der Waals surface area contributed by atoms with E-state index in [1.54, 1.807) is 30.7 Å². The first-order chi connectivity index (χ1) is 14.3. The number of aromatic nitrogens is 2. The smallest absolute Gasteiger partial charge is 0.272 e. The normalized spacial score (nSPS) is 13.2. The van der Waals surface area contributed by atoms with Crippen LogP contribution in [0.15, 0.2) is 42.5 Å². The predicted octanol–water partition coefficient (Wildman–Crippen LogP) is 4.39. The van der Waals surface area contributed by atoms with Crippen molar-refractivity contribution in [3.8, 4) is 17.3 Å². The maximum atomic E-state index is 12.7. The molecule has 0 spiro atoms. The van der Waals surface area contributed by atoms with E-state index in [9.17, 15) is 14.9 Å². The highest BCUT2D eigenvalue weighted by Gasteiger charge is 2.28. The summed E-state index contributed by atoms with van der Waals surface area (Å²) in [7, 11) is 0. The Bertz CT molecular complexity index is 1130. The molecule has 1 saturated carbocycles. The molecule has 3 aromatic rings. The van der Waals surface area contributed by atoms with Crippen molar-refractivity contribution in [2.75, 3.05) is 0 Å². The fraction of sp³-hybridized carbons (Fsp3) is 0.273. The number of ether oxygens (including phenoxy) is 1. The lowest BCUT2D eigenvalue weighted by Gasteiger charge is -2.11. The Morgan fingerprint density at radius 1 is 1.17 bits per heavy atom. The zero-order valence-corrected chi connectivity index (χ0v) is 17.0. The summed E-state index contributed by atoms with van der Waals surface area (Å²) >= 11 is 0. The number of hydrogen-bond acceptors (Lipinski definition) is 5. The molecule has 1 amide bonds. The molecule has 154 valence electrons. The lowest BCUT2D eigenvalue weighted by molar-refractivity contribution is -0.385. The number of nitro benzene ring substituents is 1. The van der Waals surface area contributed by atoms with E-state index in [0.29, 0.717) is 28.5 Å². The number of nitrogens with zero attached hydrogens (tertiary/aromatic N) is 3. The molecule has 1 aliphatic carbocycles. The van der Waals surface area contributed by atoms with Crippen molar-refractivity contribution in [2.45, 2.75) is 39.7 Å². The molecule has 0 unspecified atom stereocenters. The molecule has 1 heterocycles. The molecule has 0 atom stereocenters. The van der Waals surface area contributed by atoms with Crippen LogP contribution in [0.4, 0.5) is 5.69 Å². The van der Waals surface area contributed by atoms with Crippen molar-refractivity contribution in [2.24, 2.45) is 0 Å². The number of carbonyl (C=O) groups is 1. The first kappa shape index (κ1) is 19.6. The van der Waals surface area contributed by atoms with Gasteiger partial charge >= 0.3 is 0 Å². The molecule has 8 nitrogen and oxygen atoms in total. The summed E-state index contributed by atoms with van der Waals surface area (Å²) in [5.41, 5.74) is 3.27. The Balaban J connectivity index is 1.75. The third-order valence-electron chi connectivity index (χ3n) is 5.05. The number of benzene rings is 2. The molecule has 0 bridgehead atoms. The minimum Gasteiger partial charge on any atom is -0.439 e. The van der Waals surface area contributed by atoms with Crippen LogP contribution in [0.3, 0.4) is 0 Å². The van der Waals surface area contributed by atoms with Gasteiger partial charge in [-0.2, -0.15) is 9.78 Å². The number of carbonyl (C=O) groups excluding carboxylic acids is 1. The summed E-state index contributed by atoms with van der Waals surface area (Å²) in [4.78, 5) is 23.3. The van der Waals surface area contributed by atoms with Gasteiger partial charge in [-0.3, -0.25) is 14.9 Å². The monoisotopic (exact) mass is 406 g/mol. The highest BCUT2D eigenvalue weighted by atomic mass is 16.6. The third-order valence-corrected chi connectivity index (χ3v) is 5.05. The van der Waals surface area contributed by atoms with Gasteiger partial charge in [0.25, 0.3) is 11.6 Å². The van der Waals surface area contributed by atoms with Crippen LogP contribution in [0, 0.1) is 30.9 Å². The van der Waals surface area contributed by atoms with Gasteiger partial charge in [0, 0.05) is 23.2 Å². The van der Waals surface area contributed by atoms with E-state index in [1.807, 2.05) is 31.2 Å². The van der Waals surface area contributed by atoms with Crippen LogP contribution < -0.4 is 10.1 Å². The molecule has 0 aliphatic heterocycles. The quantitative estimate of drug-likeness (QED) is 0.483. The van der Waals surface area contributed by atoms with Crippen LogP contribution in [0.25, 0.3) is 5.69 Å². The second kappa shape index (κ2) is 7.62. The van der Waals surface area contributed by atoms with Gasteiger partial charge in [-0.15, -0.1) is 0 Å². The number of hydrogen-bond donors (Lipinski definition) is 1. The summed E-state index contributed by atoms with van der Waals surface area (Å²) in [5.74, 6) is 0.599. The highest BCUT2D eigenvalue weighted by molar-refractivity contribution is 5.94. The number of aryl methyl sites for hydroxylation is 2. The van der Waals surface area contributed by atoms with Crippen LogP contribution in [-0.2, 0) is 0 Å². The minimum absolute atomic E-state index is 0.0237. The molecule has 30 heavy (non-hydrogen) atoms. The van der Waals surface area contributed by atoms with Gasteiger partial charge in [-0.05, 0) is 57.9 Å². The Labute approximate surface area is 173 Å². The fourth-order valence-corrected chi connectivity index (χ4v) is 3.17. The largest absolute Gasteiger partial charge is 0.439 e. The molecule has 4 rings (SSSR count). The van der Waals surface area contributed by atoms with E-state index in [0.717, 1.165) is 24.1 Å². The molecule has 8 heteroatoms. The first-order valence-electron chi connectivity index (χ1n) is 9.74. The van der Waals surface area contributed by atoms with Gasteiger partial charge in [0.2, 0.25) is 5.88 Å². The molecule has 1 aliphatic rings. The summed E-state index contributed by atoms with van der Waals surface area (Å²) in [6.07, 6.45) is 1.96. The maximum absolute atomic E-state index is 12.7. The molecule has 0 radical (unpaired) electrons. The van der Waals surface area contributed by atoms with Crippen molar-refractivity contribution in [1.29, 1.82) is 0 Å². The second-order valence-electron chi connectivity index (χ2n) is 7.58. The fourth-order valence-electron chi connectivity index (χ4n) is 3.17. The van der Waals surface area contributed by atoms with E-state index in [4.69, 9.17) is 4.74 Å². The molecule has 1 fully saturated rings. The van der Waals surface area contributed by atoms with Crippen LogP contribution in [0.1, 0.15) is 40.0 Å². The van der Waals surface area contributed by atoms with Crippen molar-refractivity contribution in [1.82, 2.24) is 15.1 Å². The van der Waals surface area contributed by atoms with Crippen molar-refractivity contribution in [3.63, 3.8) is 0 Å². The number of nitro groups is 1. The number of amides is 1. The molecule has 2 aromatic carbocycles. The van der Waals surface area contributed by atoms with Crippen LogP contribution in [0.5, 0.6) is 11.6 Å². The lowest BCUT2D eigenvalue weighted by Crippen LogP contribution is -2.26. The van der Waals surface area contributed by atoms with E-state index in [1.165, 1.54) is 6.07 Å². The number of rotatable bonds is 6. The third kappa shape index (κ3) is 3.89. The molecule has 1 aromatic heterocycles. The van der Waals surface area contributed by atoms with E-state index >= 15 is 0 Å². The van der Waals surface area contributed by atoms with Crippen LogP contribution in [0.2, 0.25) is 0 Å². The van der Waals surface area contributed by atoms with Gasteiger partial charge in [0.05, 0.1) is 10.6 Å². The topological polar surface area (TPSA) is 99.3 Å². The highest BCUT2D eigenvalue weighted by Crippen LogP contribution is 2.33. The summed E-state index contributed by atoms with van der Waals surface area (Å²) in [6.45, 7) is 5.43. The molecule has 0 saturated heterocycles. The Morgan fingerprint density at radius 3 is 2.47 bits per heavy atom. The molecular weight excluding hydrogens is 384 g/mol. The summed E-state index contributed by atoms with van der Waals surface area (Å²) < 4.78 is 7.68. The average molecular weight is 406 g/mol. The zero-order valence-electron chi connectivity index (χ0n) is 17.0. The standard InChI is InChI=1S/C22H22N4O4/c1-13-4-8-17(9-5-13)25-22(15(3)20(24-25)21(27)23-16-6-7-16)30-18-10-11-19(26(28)29)14(2)12-18/h4-5,8-12,16H,6-7H2,1-3H3,(H,23,27). The lowest BCUT2D eigenvalue weighted by atomic mass is 10.2. The molecule has 1 N–H and O–H groups in total. The van der Waals surface area contributed by atoms with Gasteiger partial charge in [-0.25, -0.2) is 0 Å². The Morgan fingerprint density at radius 2 is 1.87 bits per heavy atom. The second-order valence-corrected chi connectivity index (χ2v) is 7.58. The number of nitrogens with one attached hydrogen (secondary N) is 1. The van der Waals surface area contributed by atoms with E-state index in [2.05, 4.69) is 10.4 Å². The van der Waals surface area contributed by atoms with E-state index < -0.39 is 4.92 Å². The maximum Gasteiger partial charge on any atom is 0.272 e. The Hall–Kier alpha value is -3.68.